The van der Waals surface area contributed by atoms with Gasteiger partial charge in [-0.3, -0.25) is 9.78 Å². The number of aromatic nitrogens is 2. The maximum atomic E-state index is 13.4. The van der Waals surface area contributed by atoms with Gasteiger partial charge in [0.15, 0.2) is 5.78 Å². The van der Waals surface area contributed by atoms with Crippen LogP contribution in [0.2, 0.25) is 0 Å². The summed E-state index contributed by atoms with van der Waals surface area (Å²) in [6.45, 7) is 0. The first-order valence-corrected chi connectivity index (χ1v) is 5.67. The van der Waals surface area contributed by atoms with Crippen molar-refractivity contribution in [2.75, 3.05) is 5.73 Å². The first-order valence-electron chi connectivity index (χ1n) is 5.67. The Morgan fingerprint density at radius 2 is 2.16 bits per heavy atom. The highest BCUT2D eigenvalue weighted by molar-refractivity contribution is 6.16. The number of hydrogen-bond acceptors (Lipinski definition) is 3. The number of aromatic amines is 1. The zero-order chi connectivity index (χ0) is 13.4. The van der Waals surface area contributed by atoms with E-state index in [1.54, 1.807) is 24.7 Å². The zero-order valence-electron chi connectivity index (χ0n) is 9.85. The molecule has 0 aliphatic rings. The molecule has 1 aromatic carbocycles. The van der Waals surface area contributed by atoms with Crippen molar-refractivity contribution >= 4 is 22.4 Å². The molecule has 2 aromatic heterocycles. The summed E-state index contributed by atoms with van der Waals surface area (Å²) >= 11 is 0. The number of rotatable bonds is 2. The third kappa shape index (κ3) is 1.85. The lowest BCUT2D eigenvalue weighted by Gasteiger charge is -2.01. The van der Waals surface area contributed by atoms with Crippen LogP contribution in [0.15, 0.2) is 42.9 Å². The Morgan fingerprint density at radius 1 is 1.32 bits per heavy atom. The van der Waals surface area contributed by atoms with Crippen molar-refractivity contribution < 1.29 is 9.18 Å². The second-order valence-electron chi connectivity index (χ2n) is 4.19. The molecule has 0 saturated carbocycles. The molecule has 0 amide bonds. The minimum Gasteiger partial charge on any atom is -0.396 e. The maximum Gasteiger partial charge on any atom is 0.195 e. The fourth-order valence-electron chi connectivity index (χ4n) is 1.97. The summed E-state index contributed by atoms with van der Waals surface area (Å²) in [6, 6.07) is 5.81. The van der Waals surface area contributed by atoms with Crippen LogP contribution in [-0.4, -0.2) is 15.8 Å². The van der Waals surface area contributed by atoms with Gasteiger partial charge in [0.05, 0.1) is 5.69 Å². The lowest BCUT2D eigenvalue weighted by atomic mass is 10.0. The molecular formula is C14H10FN3O. The number of pyridine rings is 1. The standard InChI is InChI=1S/C14H10FN3O/c15-11-5-8(1-2-12(11)16)14(19)10-7-18-13-3-4-17-6-9(10)13/h1-7,18H,16H2. The lowest BCUT2D eigenvalue weighted by Crippen LogP contribution is -2.02. The van der Waals surface area contributed by atoms with Gasteiger partial charge in [-0.25, -0.2) is 4.39 Å². The van der Waals surface area contributed by atoms with Crippen LogP contribution in [0, 0.1) is 5.82 Å². The summed E-state index contributed by atoms with van der Waals surface area (Å²) in [5.41, 5.74) is 6.96. The van der Waals surface area contributed by atoms with Gasteiger partial charge in [-0.1, -0.05) is 0 Å². The van der Waals surface area contributed by atoms with Crippen LogP contribution in [0.3, 0.4) is 0 Å². The number of H-pyrrole nitrogens is 1. The van der Waals surface area contributed by atoms with Crippen LogP contribution < -0.4 is 5.73 Å². The van der Waals surface area contributed by atoms with Crippen molar-refractivity contribution in [3.8, 4) is 0 Å². The molecule has 19 heavy (non-hydrogen) atoms. The monoisotopic (exact) mass is 255 g/mol. The summed E-state index contributed by atoms with van der Waals surface area (Å²) in [5, 5.41) is 0.713. The number of nitrogens with two attached hydrogens (primary N) is 1. The number of carbonyl (C=O) groups is 1. The van der Waals surface area contributed by atoms with Crippen molar-refractivity contribution in [2.24, 2.45) is 0 Å². The van der Waals surface area contributed by atoms with E-state index in [9.17, 15) is 9.18 Å². The van der Waals surface area contributed by atoms with E-state index < -0.39 is 5.82 Å². The fourth-order valence-corrected chi connectivity index (χ4v) is 1.97. The molecular weight excluding hydrogens is 245 g/mol. The molecule has 2 heterocycles. The molecule has 4 nitrogen and oxygen atoms in total. The Kier molecular flexibility index (Phi) is 2.52. The van der Waals surface area contributed by atoms with E-state index in [-0.39, 0.29) is 17.0 Å². The average Bonchev–Trinajstić information content (AvgIpc) is 2.85. The number of hydrogen-bond donors (Lipinski definition) is 2. The SMILES string of the molecule is Nc1ccc(C(=O)c2c[nH]c3ccncc23)cc1F. The number of carbonyl (C=O) groups excluding carboxylic acids is 1. The summed E-state index contributed by atoms with van der Waals surface area (Å²) < 4.78 is 13.4. The highest BCUT2D eigenvalue weighted by Gasteiger charge is 2.15. The smallest absolute Gasteiger partial charge is 0.195 e. The van der Waals surface area contributed by atoms with Crippen LogP contribution in [-0.2, 0) is 0 Å². The van der Waals surface area contributed by atoms with E-state index in [1.165, 1.54) is 12.1 Å². The maximum absolute atomic E-state index is 13.4. The van der Waals surface area contributed by atoms with Gasteiger partial charge in [0.25, 0.3) is 0 Å². The van der Waals surface area contributed by atoms with Crippen LogP contribution in [0.1, 0.15) is 15.9 Å². The van der Waals surface area contributed by atoms with Crippen molar-refractivity contribution in [3.05, 3.63) is 59.8 Å². The molecule has 0 aliphatic carbocycles. The predicted molar refractivity (Wildman–Crippen MR) is 70.3 cm³/mol. The number of halogens is 1. The molecule has 0 fully saturated rings. The minimum atomic E-state index is -0.594. The topological polar surface area (TPSA) is 71.8 Å². The number of nitrogen functional groups attached to an aromatic ring is 1. The van der Waals surface area contributed by atoms with Gasteiger partial charge in [-0.15, -0.1) is 0 Å². The van der Waals surface area contributed by atoms with Gasteiger partial charge < -0.3 is 10.7 Å². The number of fused-ring (bicyclic) bond motifs is 1. The third-order valence-electron chi connectivity index (χ3n) is 2.99. The Morgan fingerprint density at radius 3 is 2.95 bits per heavy atom. The summed E-state index contributed by atoms with van der Waals surface area (Å²) in [6.07, 6.45) is 4.84. The van der Waals surface area contributed by atoms with Crippen LogP contribution >= 0.6 is 0 Å². The quantitative estimate of drug-likeness (QED) is 0.546. The van der Waals surface area contributed by atoms with E-state index in [0.29, 0.717) is 10.9 Å². The molecule has 0 atom stereocenters. The van der Waals surface area contributed by atoms with E-state index >= 15 is 0 Å². The number of ketones is 1. The Hall–Kier alpha value is -2.69. The zero-order valence-corrected chi connectivity index (χ0v) is 9.85. The van der Waals surface area contributed by atoms with Crippen molar-refractivity contribution in [1.29, 1.82) is 0 Å². The van der Waals surface area contributed by atoms with Crippen molar-refractivity contribution in [1.82, 2.24) is 9.97 Å². The minimum absolute atomic E-state index is 0.0251. The molecule has 0 spiro atoms. The molecule has 3 rings (SSSR count). The molecule has 0 saturated heterocycles. The number of nitrogens with one attached hydrogen (secondary N) is 1. The van der Waals surface area contributed by atoms with Gasteiger partial charge in [0.1, 0.15) is 5.82 Å². The molecule has 94 valence electrons. The van der Waals surface area contributed by atoms with Crippen LogP contribution in [0.4, 0.5) is 10.1 Å². The van der Waals surface area contributed by atoms with E-state index in [2.05, 4.69) is 9.97 Å². The van der Waals surface area contributed by atoms with Crippen LogP contribution in [0.25, 0.3) is 10.9 Å². The Bertz CT molecular complexity index is 779. The third-order valence-corrected chi connectivity index (χ3v) is 2.99. The van der Waals surface area contributed by atoms with Crippen molar-refractivity contribution in [2.45, 2.75) is 0 Å². The largest absolute Gasteiger partial charge is 0.396 e. The molecule has 5 heteroatoms. The van der Waals surface area contributed by atoms with E-state index in [4.69, 9.17) is 5.73 Å². The first-order chi connectivity index (χ1) is 9.16. The Balaban J connectivity index is 2.11. The van der Waals surface area contributed by atoms with E-state index in [1.807, 2.05) is 0 Å². The van der Waals surface area contributed by atoms with Crippen LogP contribution in [0.5, 0.6) is 0 Å². The molecule has 3 aromatic rings. The van der Waals surface area contributed by atoms with Gasteiger partial charge in [-0.2, -0.15) is 0 Å². The van der Waals surface area contributed by atoms with E-state index in [0.717, 1.165) is 11.6 Å². The summed E-state index contributed by atoms with van der Waals surface area (Å²) in [5.74, 6) is -0.859. The van der Waals surface area contributed by atoms with Crippen molar-refractivity contribution in [3.63, 3.8) is 0 Å². The Labute approximate surface area is 108 Å². The number of benzene rings is 1. The second kappa shape index (κ2) is 4.20. The average molecular weight is 255 g/mol. The van der Waals surface area contributed by atoms with Gasteiger partial charge in [0, 0.05) is 40.6 Å². The van der Waals surface area contributed by atoms with Gasteiger partial charge in [-0.05, 0) is 24.3 Å². The molecule has 0 radical (unpaired) electrons. The number of anilines is 1. The summed E-state index contributed by atoms with van der Waals surface area (Å²) in [4.78, 5) is 19.3. The summed E-state index contributed by atoms with van der Waals surface area (Å²) in [7, 11) is 0. The van der Waals surface area contributed by atoms with Gasteiger partial charge >= 0.3 is 0 Å². The fraction of sp³-hybridized carbons (Fsp3) is 0. The second-order valence-corrected chi connectivity index (χ2v) is 4.19. The number of nitrogens with zero attached hydrogens (tertiary/aromatic N) is 1. The highest BCUT2D eigenvalue weighted by atomic mass is 19.1. The highest BCUT2D eigenvalue weighted by Crippen LogP contribution is 2.21. The predicted octanol–water partition coefficient (Wildman–Crippen LogP) is 2.52. The van der Waals surface area contributed by atoms with Gasteiger partial charge in [0.2, 0.25) is 0 Å². The normalized spacial score (nSPS) is 10.8. The lowest BCUT2D eigenvalue weighted by molar-refractivity contribution is 0.104. The molecule has 3 N–H and O–H groups in total. The molecule has 0 bridgehead atoms. The first kappa shape index (κ1) is 11.4. The molecule has 0 aliphatic heterocycles. The molecule has 0 unspecified atom stereocenters.